The summed E-state index contributed by atoms with van der Waals surface area (Å²) in [7, 11) is 0. The molecule has 0 radical (unpaired) electrons. The van der Waals surface area contributed by atoms with E-state index >= 15 is 0 Å². The van der Waals surface area contributed by atoms with Gasteiger partial charge in [-0.2, -0.15) is 4.98 Å². The second-order valence-electron chi connectivity index (χ2n) is 5.23. The number of aliphatic hydroxyl groups excluding tert-OH is 2. The van der Waals surface area contributed by atoms with Crippen LogP contribution in [0.3, 0.4) is 0 Å². The van der Waals surface area contributed by atoms with Gasteiger partial charge in [0.2, 0.25) is 5.95 Å². The normalized spacial score (nSPS) is 34.9. The Bertz CT molecular complexity index is 772. The van der Waals surface area contributed by atoms with Crippen LogP contribution in [0.1, 0.15) is 6.23 Å². The summed E-state index contributed by atoms with van der Waals surface area (Å²) in [5.41, 5.74) is 4.27. The lowest BCUT2D eigenvalue weighted by Crippen LogP contribution is -2.44. The van der Waals surface area contributed by atoms with E-state index in [1.807, 2.05) is 0 Å². The van der Waals surface area contributed by atoms with E-state index in [1.165, 1.54) is 10.9 Å². The van der Waals surface area contributed by atoms with Crippen LogP contribution in [0.2, 0.25) is 0 Å². The number of hydrogen-bond acceptors (Lipinski definition) is 8. The van der Waals surface area contributed by atoms with E-state index in [0.717, 1.165) is 0 Å². The van der Waals surface area contributed by atoms with Crippen LogP contribution in [0, 0.1) is 0 Å². The quantitative estimate of drug-likeness (QED) is 0.484. The van der Waals surface area contributed by atoms with E-state index in [-0.39, 0.29) is 30.3 Å². The molecule has 4 atom stereocenters. The van der Waals surface area contributed by atoms with Gasteiger partial charge in [0.25, 0.3) is 5.56 Å². The summed E-state index contributed by atoms with van der Waals surface area (Å²) >= 11 is 0. The van der Waals surface area contributed by atoms with Crippen molar-refractivity contribution in [3.63, 3.8) is 0 Å². The van der Waals surface area contributed by atoms with Gasteiger partial charge in [-0.05, 0) is 0 Å². The minimum atomic E-state index is -1.15. The van der Waals surface area contributed by atoms with Gasteiger partial charge < -0.3 is 25.4 Å². The van der Waals surface area contributed by atoms with Gasteiger partial charge in [-0.15, -0.1) is 0 Å². The Morgan fingerprint density at radius 2 is 2.43 bits per heavy atom. The smallest absolute Gasteiger partial charge is 0.280 e. The number of hydrogen-bond donors (Lipinski definition) is 4. The third kappa shape index (κ3) is 1.52. The number of aliphatic hydroxyl groups is 2. The van der Waals surface area contributed by atoms with Crippen molar-refractivity contribution in [2.45, 2.75) is 24.0 Å². The number of nitrogens with one attached hydrogen (secondary N) is 1. The average Bonchev–Trinajstić information content (AvgIpc) is 3.09. The molecule has 10 nitrogen and oxygen atoms in total. The SMILES string of the molecule is Nc1nc2c(ncn2[C@@H]2O[C@@]3(CO)CO[C@H]2C3O)c(=O)[nH]1. The molecule has 4 heterocycles. The highest BCUT2D eigenvalue weighted by Crippen LogP contribution is 2.45. The highest BCUT2D eigenvalue weighted by molar-refractivity contribution is 5.70. The van der Waals surface area contributed by atoms with Crippen molar-refractivity contribution in [3.8, 4) is 0 Å². The second kappa shape index (κ2) is 4.01. The molecule has 112 valence electrons. The first-order chi connectivity index (χ1) is 10.1. The summed E-state index contributed by atoms with van der Waals surface area (Å²) in [5.74, 6) is -0.0456. The van der Waals surface area contributed by atoms with Gasteiger partial charge in [0.15, 0.2) is 17.4 Å². The predicted molar refractivity (Wildman–Crippen MR) is 68.2 cm³/mol. The van der Waals surface area contributed by atoms with Crippen molar-refractivity contribution >= 4 is 17.1 Å². The highest BCUT2D eigenvalue weighted by Gasteiger charge is 2.61. The number of fused-ring (bicyclic) bond motifs is 3. The second-order valence-corrected chi connectivity index (χ2v) is 5.23. The first-order valence-corrected chi connectivity index (χ1v) is 6.36. The Morgan fingerprint density at radius 1 is 1.62 bits per heavy atom. The van der Waals surface area contributed by atoms with E-state index in [2.05, 4.69) is 15.0 Å². The van der Waals surface area contributed by atoms with Gasteiger partial charge in [-0.1, -0.05) is 0 Å². The molecular weight excluding hydrogens is 282 g/mol. The number of nitrogen functional groups attached to an aromatic ring is 1. The molecule has 5 N–H and O–H groups in total. The van der Waals surface area contributed by atoms with Gasteiger partial charge >= 0.3 is 0 Å². The third-order valence-electron chi connectivity index (χ3n) is 4.00. The molecule has 21 heavy (non-hydrogen) atoms. The fourth-order valence-electron chi connectivity index (χ4n) is 2.88. The zero-order valence-electron chi connectivity index (χ0n) is 10.8. The molecule has 2 aromatic rings. The molecule has 2 saturated heterocycles. The van der Waals surface area contributed by atoms with E-state index in [0.29, 0.717) is 0 Å². The Balaban J connectivity index is 1.84. The fraction of sp³-hybridized carbons (Fsp3) is 0.545. The summed E-state index contributed by atoms with van der Waals surface area (Å²) in [6, 6.07) is 0. The molecule has 0 spiro atoms. The Hall–Kier alpha value is -2.01. The summed E-state index contributed by atoms with van der Waals surface area (Å²) in [6.07, 6.45) is -1.00. The monoisotopic (exact) mass is 295 g/mol. The van der Waals surface area contributed by atoms with Crippen molar-refractivity contribution in [1.29, 1.82) is 0 Å². The van der Waals surface area contributed by atoms with Crippen LogP contribution in [0.15, 0.2) is 11.1 Å². The molecule has 10 heteroatoms. The van der Waals surface area contributed by atoms with Gasteiger partial charge in [0.1, 0.15) is 17.8 Å². The van der Waals surface area contributed by atoms with Crippen molar-refractivity contribution in [1.82, 2.24) is 19.5 Å². The summed E-state index contributed by atoms with van der Waals surface area (Å²) in [4.78, 5) is 22.1. The topological polar surface area (TPSA) is 149 Å². The number of H-pyrrole nitrogens is 1. The maximum Gasteiger partial charge on any atom is 0.280 e. The number of aromatic amines is 1. The maximum absolute atomic E-state index is 11.8. The molecule has 0 aliphatic carbocycles. The maximum atomic E-state index is 11.8. The minimum Gasteiger partial charge on any atom is -0.393 e. The lowest BCUT2D eigenvalue weighted by molar-refractivity contribution is -0.185. The number of rotatable bonds is 2. The van der Waals surface area contributed by atoms with Gasteiger partial charge in [0.05, 0.1) is 19.5 Å². The van der Waals surface area contributed by atoms with Crippen LogP contribution in [-0.2, 0) is 9.47 Å². The molecular formula is C11H13N5O5. The molecule has 2 bridgehead atoms. The van der Waals surface area contributed by atoms with Crippen molar-refractivity contribution in [2.24, 2.45) is 0 Å². The number of aromatic nitrogens is 4. The zero-order valence-corrected chi connectivity index (χ0v) is 10.8. The lowest BCUT2D eigenvalue weighted by Gasteiger charge is -2.29. The van der Waals surface area contributed by atoms with Gasteiger partial charge in [-0.3, -0.25) is 14.3 Å². The largest absolute Gasteiger partial charge is 0.393 e. The Morgan fingerprint density at radius 3 is 3.14 bits per heavy atom. The molecule has 1 unspecified atom stereocenters. The van der Waals surface area contributed by atoms with Crippen molar-refractivity contribution < 1.29 is 19.7 Å². The molecule has 2 aliphatic heterocycles. The van der Waals surface area contributed by atoms with Crippen LogP contribution in [0.5, 0.6) is 0 Å². The van der Waals surface area contributed by atoms with E-state index < -0.39 is 29.6 Å². The fourth-order valence-corrected chi connectivity index (χ4v) is 2.88. The zero-order chi connectivity index (χ0) is 14.8. The van der Waals surface area contributed by atoms with Crippen LogP contribution in [0.25, 0.3) is 11.2 Å². The third-order valence-corrected chi connectivity index (χ3v) is 4.00. The van der Waals surface area contributed by atoms with Gasteiger partial charge in [-0.25, -0.2) is 4.98 Å². The number of imidazole rings is 1. The summed E-state index contributed by atoms with van der Waals surface area (Å²) in [5, 5.41) is 19.6. The molecule has 2 aromatic heterocycles. The molecule has 2 aliphatic rings. The van der Waals surface area contributed by atoms with Crippen LogP contribution < -0.4 is 11.3 Å². The Kier molecular flexibility index (Phi) is 2.43. The van der Waals surface area contributed by atoms with Crippen LogP contribution in [-0.4, -0.2) is 60.8 Å². The summed E-state index contributed by atoms with van der Waals surface area (Å²) < 4.78 is 12.7. The van der Waals surface area contributed by atoms with Crippen LogP contribution >= 0.6 is 0 Å². The van der Waals surface area contributed by atoms with Gasteiger partial charge in [0, 0.05) is 0 Å². The first-order valence-electron chi connectivity index (χ1n) is 6.36. The van der Waals surface area contributed by atoms with E-state index in [1.54, 1.807) is 0 Å². The molecule has 0 amide bonds. The molecule has 0 saturated carbocycles. The number of nitrogens with zero attached hydrogens (tertiary/aromatic N) is 3. The van der Waals surface area contributed by atoms with Crippen molar-refractivity contribution in [2.75, 3.05) is 18.9 Å². The lowest BCUT2D eigenvalue weighted by atomic mass is 10.0. The number of ether oxygens (including phenoxy) is 2. The minimum absolute atomic E-state index is 0.0456. The standard InChI is InChI=1S/C11H13N5O5/c12-10-14-7-4(8(19)15-10)13-3-16(7)9-5-6(18)11(1-17,21-9)2-20-5/h3,5-6,9,17-18H,1-2H2,(H3,12,14,15,19)/t5-,6?,9+,11-/m0/s1. The number of anilines is 1. The predicted octanol–water partition coefficient (Wildman–Crippen LogP) is -2.28. The first kappa shape index (κ1) is 12.7. The van der Waals surface area contributed by atoms with Crippen molar-refractivity contribution in [3.05, 3.63) is 16.7 Å². The Labute approximate surface area is 117 Å². The number of nitrogens with two attached hydrogens (primary N) is 1. The molecule has 4 rings (SSSR count). The van der Waals surface area contributed by atoms with E-state index in [4.69, 9.17) is 15.2 Å². The summed E-state index contributed by atoms with van der Waals surface area (Å²) in [6.45, 7) is -0.265. The molecule has 2 fully saturated rings. The average molecular weight is 295 g/mol. The highest BCUT2D eigenvalue weighted by atomic mass is 16.7. The molecule has 0 aromatic carbocycles. The van der Waals surface area contributed by atoms with Crippen LogP contribution in [0.4, 0.5) is 5.95 Å². The van der Waals surface area contributed by atoms with E-state index in [9.17, 15) is 15.0 Å².